The fourth-order valence-electron chi connectivity index (χ4n) is 14.8. The van der Waals surface area contributed by atoms with E-state index in [1.807, 2.05) is 0 Å². The molecule has 0 heterocycles. The molecule has 0 nitrogen and oxygen atoms in total. The lowest BCUT2D eigenvalue weighted by Crippen LogP contribution is -2.15. The van der Waals surface area contributed by atoms with Crippen molar-refractivity contribution in [2.45, 2.75) is 19.3 Å². The molecule has 366 valence electrons. The molecule has 14 aromatic rings. The van der Waals surface area contributed by atoms with Crippen LogP contribution in [0.1, 0.15) is 25.0 Å². The molecule has 17 rings (SSSR count). The van der Waals surface area contributed by atoms with E-state index in [9.17, 15) is 0 Å². The fourth-order valence-corrected chi connectivity index (χ4v) is 14.8. The Bertz CT molecular complexity index is 4430. The maximum atomic E-state index is 2.51. The molecule has 0 amide bonds. The summed E-state index contributed by atoms with van der Waals surface area (Å²) in [6, 6.07) is 100. The molecule has 0 saturated heterocycles. The van der Waals surface area contributed by atoms with Gasteiger partial charge in [0.05, 0.1) is 0 Å². The van der Waals surface area contributed by atoms with Gasteiger partial charge in [-0.2, -0.15) is 0 Å². The monoisotopic (exact) mass is 998 g/mol. The van der Waals surface area contributed by atoms with Crippen molar-refractivity contribution in [2.75, 3.05) is 0 Å². The van der Waals surface area contributed by atoms with E-state index in [4.69, 9.17) is 0 Å². The first kappa shape index (κ1) is 44.3. The van der Waals surface area contributed by atoms with Gasteiger partial charge in [-0.25, -0.2) is 0 Å². The summed E-state index contributed by atoms with van der Waals surface area (Å²) in [5, 5.41) is 10.4. The molecule has 3 aliphatic rings. The molecule has 0 spiro atoms. The van der Waals surface area contributed by atoms with E-state index in [1.54, 1.807) is 0 Å². The predicted molar refractivity (Wildman–Crippen MR) is 336 cm³/mol. The summed E-state index contributed by atoms with van der Waals surface area (Å²) in [6.45, 7) is 4.86. The van der Waals surface area contributed by atoms with E-state index in [0.717, 1.165) is 0 Å². The van der Waals surface area contributed by atoms with Crippen LogP contribution in [0.25, 0.3) is 165 Å². The van der Waals surface area contributed by atoms with Gasteiger partial charge >= 0.3 is 0 Å². The minimum Gasteiger partial charge on any atom is -0.0622 e. The third-order valence-electron chi connectivity index (χ3n) is 18.1. The van der Waals surface area contributed by atoms with Gasteiger partial charge in [-0.3, -0.25) is 0 Å². The quantitative estimate of drug-likeness (QED) is 0.156. The Hall–Kier alpha value is -9.88. The van der Waals surface area contributed by atoms with E-state index < -0.39 is 0 Å². The average Bonchev–Trinajstić information content (AvgIpc) is 3.13. The lowest BCUT2D eigenvalue weighted by molar-refractivity contribution is 0.661. The van der Waals surface area contributed by atoms with Gasteiger partial charge in [-0.1, -0.05) is 269 Å². The van der Waals surface area contributed by atoms with Crippen LogP contribution >= 0.6 is 0 Å². The van der Waals surface area contributed by atoms with Gasteiger partial charge in [0.2, 0.25) is 0 Å². The Morgan fingerprint density at radius 3 is 0.785 bits per heavy atom. The van der Waals surface area contributed by atoms with Gasteiger partial charge in [0.25, 0.3) is 0 Å². The molecule has 0 N–H and O–H groups in total. The van der Waals surface area contributed by atoms with Crippen LogP contribution in [0, 0.1) is 0 Å². The van der Waals surface area contributed by atoms with Crippen molar-refractivity contribution in [1.82, 2.24) is 0 Å². The topological polar surface area (TPSA) is 0 Å². The van der Waals surface area contributed by atoms with E-state index in [0.29, 0.717) is 0 Å². The van der Waals surface area contributed by atoms with Gasteiger partial charge in [0, 0.05) is 5.41 Å². The largest absolute Gasteiger partial charge is 0.0622 e. The Kier molecular flexibility index (Phi) is 9.28. The molecule has 0 atom stereocenters. The summed E-state index contributed by atoms with van der Waals surface area (Å²) in [7, 11) is 0. The normalized spacial score (nSPS) is 13.0. The zero-order chi connectivity index (χ0) is 52.1. The van der Waals surface area contributed by atoms with E-state index in [1.165, 1.54) is 177 Å². The van der Waals surface area contributed by atoms with Crippen LogP contribution in [0.4, 0.5) is 0 Å². The van der Waals surface area contributed by atoms with Crippen LogP contribution in [0.5, 0.6) is 0 Å². The van der Waals surface area contributed by atoms with Crippen molar-refractivity contribution in [2.24, 2.45) is 0 Å². The molecule has 3 aliphatic carbocycles. The summed E-state index contributed by atoms with van der Waals surface area (Å²) < 4.78 is 0. The van der Waals surface area contributed by atoms with Gasteiger partial charge in [0.1, 0.15) is 0 Å². The molecule has 0 saturated carbocycles. The number of rotatable bonds is 6. The Morgan fingerprint density at radius 1 is 0.190 bits per heavy atom. The second-order valence-electron chi connectivity index (χ2n) is 22.5. The van der Waals surface area contributed by atoms with Crippen LogP contribution in [0.15, 0.2) is 267 Å². The Labute approximate surface area is 460 Å². The number of hydrogen-bond acceptors (Lipinski definition) is 0. The summed E-state index contributed by atoms with van der Waals surface area (Å²) in [5.41, 5.74) is 30.9. The van der Waals surface area contributed by atoms with Crippen LogP contribution < -0.4 is 0 Å². The van der Waals surface area contributed by atoms with Gasteiger partial charge < -0.3 is 0 Å². The maximum Gasteiger partial charge on any atom is 0.0159 e. The highest BCUT2D eigenvalue weighted by molar-refractivity contribution is 6.30. The lowest BCUT2D eigenvalue weighted by Gasteiger charge is -2.23. The highest BCUT2D eigenvalue weighted by Gasteiger charge is 2.38. The van der Waals surface area contributed by atoms with Crippen LogP contribution in [0.2, 0.25) is 0 Å². The van der Waals surface area contributed by atoms with E-state index >= 15 is 0 Å². The first-order valence-corrected chi connectivity index (χ1v) is 27.8. The zero-order valence-electron chi connectivity index (χ0n) is 43.9. The van der Waals surface area contributed by atoms with E-state index in [2.05, 4.69) is 281 Å². The zero-order valence-corrected chi connectivity index (χ0v) is 43.9. The second kappa shape index (κ2) is 16.6. The summed E-state index contributed by atoms with van der Waals surface area (Å²) in [5.74, 6) is 0. The standard InChI is InChI=1S/C79H50/c1-79(2)67-45-51(53-41-43-65-73-57(53)33-19-35-63(73)75-69(47-21-7-3-8-22-47)59-29-15-17-31-61(59)71(77(65)75)49-25-11-5-12-26-49)37-39-55(67)56-40-38-52(46-68(56)79)54-42-44-66-74-58(54)34-20-36-64(74)76-70(48-23-9-4-10-24-48)60-30-16-18-32-62(60)72(78(66)76)50-27-13-6-14-28-50/h3-46H,1-2H3. The predicted octanol–water partition coefficient (Wildman–Crippen LogP) is 21.9. The molecule has 0 radical (unpaired) electrons. The molecule has 0 aliphatic heterocycles. The molecular formula is C79H50. The van der Waals surface area contributed by atoms with Crippen molar-refractivity contribution >= 4 is 43.1 Å². The summed E-state index contributed by atoms with van der Waals surface area (Å²) in [4.78, 5) is 0. The minimum absolute atomic E-state index is 0.239. The first-order valence-electron chi connectivity index (χ1n) is 27.8. The molecule has 0 fully saturated rings. The first-order chi connectivity index (χ1) is 39.0. The molecule has 14 aromatic carbocycles. The summed E-state index contributed by atoms with van der Waals surface area (Å²) in [6.07, 6.45) is 0. The Morgan fingerprint density at radius 2 is 0.456 bits per heavy atom. The third-order valence-corrected chi connectivity index (χ3v) is 18.1. The highest BCUT2D eigenvalue weighted by atomic mass is 14.4. The maximum absolute atomic E-state index is 2.51. The molecule has 0 bridgehead atoms. The van der Waals surface area contributed by atoms with Crippen LogP contribution in [-0.4, -0.2) is 0 Å². The SMILES string of the molecule is CC1(C)c2cc(-c3ccc4c5c(cccc35)-c3c-4c(-c4ccccc4)c4ccccc4c3-c3ccccc3)ccc2-c2ccc(-c3ccc4c5c(cccc35)-c3c-4c(-c4ccccc4)c4ccccc4c3-c3ccccc3)cc21. The molecule has 0 aromatic heterocycles. The number of hydrogen-bond donors (Lipinski definition) is 0. The van der Waals surface area contributed by atoms with Crippen molar-refractivity contribution < 1.29 is 0 Å². The fraction of sp³-hybridized carbons (Fsp3) is 0.0380. The van der Waals surface area contributed by atoms with E-state index in [-0.39, 0.29) is 5.41 Å². The lowest BCUT2D eigenvalue weighted by atomic mass is 9.80. The Balaban J connectivity index is 0.806. The smallest absolute Gasteiger partial charge is 0.0159 e. The second-order valence-corrected chi connectivity index (χ2v) is 22.5. The summed E-state index contributed by atoms with van der Waals surface area (Å²) >= 11 is 0. The molecule has 0 heteroatoms. The van der Waals surface area contributed by atoms with Crippen molar-refractivity contribution in [3.05, 3.63) is 278 Å². The van der Waals surface area contributed by atoms with Crippen LogP contribution in [-0.2, 0) is 5.41 Å². The molecule has 79 heavy (non-hydrogen) atoms. The highest BCUT2D eigenvalue weighted by Crippen LogP contribution is 2.61. The number of fused-ring (bicyclic) bond motifs is 11. The van der Waals surface area contributed by atoms with Crippen molar-refractivity contribution in [3.63, 3.8) is 0 Å². The average molecular weight is 999 g/mol. The van der Waals surface area contributed by atoms with Gasteiger partial charge in [0.15, 0.2) is 0 Å². The van der Waals surface area contributed by atoms with Crippen LogP contribution in [0.3, 0.4) is 0 Å². The molecular weight excluding hydrogens is 949 g/mol. The van der Waals surface area contributed by atoms with Gasteiger partial charge in [-0.15, -0.1) is 0 Å². The van der Waals surface area contributed by atoms with Crippen molar-refractivity contribution in [3.8, 4) is 122 Å². The number of benzene rings is 14. The molecule has 0 unspecified atom stereocenters. The third kappa shape index (κ3) is 6.15. The van der Waals surface area contributed by atoms with Crippen molar-refractivity contribution in [1.29, 1.82) is 0 Å². The minimum atomic E-state index is -0.239. The van der Waals surface area contributed by atoms with Gasteiger partial charge in [-0.05, 0) is 189 Å².